The zero-order valence-electron chi connectivity index (χ0n) is 13.9. The van der Waals surface area contributed by atoms with Crippen molar-refractivity contribution in [2.45, 2.75) is 43.7 Å². The fourth-order valence-electron chi connectivity index (χ4n) is 4.28. The van der Waals surface area contributed by atoms with Crippen molar-refractivity contribution in [2.75, 3.05) is 5.73 Å². The van der Waals surface area contributed by atoms with Crippen molar-refractivity contribution in [1.82, 2.24) is 24.9 Å². The van der Waals surface area contributed by atoms with Gasteiger partial charge in [0.15, 0.2) is 5.65 Å². The van der Waals surface area contributed by atoms with Crippen LogP contribution >= 0.6 is 0 Å². The Morgan fingerprint density at radius 2 is 1.96 bits per heavy atom. The number of pyridine rings is 1. The van der Waals surface area contributed by atoms with E-state index in [0.717, 1.165) is 35.3 Å². The van der Waals surface area contributed by atoms with Gasteiger partial charge in [0.1, 0.15) is 5.82 Å². The summed E-state index contributed by atoms with van der Waals surface area (Å²) >= 11 is 0. The van der Waals surface area contributed by atoms with Crippen LogP contribution in [0.15, 0.2) is 30.6 Å². The highest BCUT2D eigenvalue weighted by Crippen LogP contribution is 2.37. The maximum atomic E-state index is 6.27. The molecule has 25 heavy (non-hydrogen) atoms. The molecule has 0 aliphatic carbocycles. The Labute approximate surface area is 146 Å². The van der Waals surface area contributed by atoms with Crippen LogP contribution in [-0.2, 0) is 0 Å². The molecule has 3 N–H and O–H groups in total. The number of hydrogen-bond acceptors (Lipinski definition) is 5. The molecule has 5 heterocycles. The molecule has 0 aromatic carbocycles. The number of nitrogens with zero attached hydrogens (tertiary/aromatic N) is 4. The van der Waals surface area contributed by atoms with Gasteiger partial charge in [-0.25, -0.2) is 4.98 Å². The lowest BCUT2D eigenvalue weighted by molar-refractivity contribution is 0.359. The topological polar surface area (TPSA) is 81.1 Å². The fraction of sp³-hybridized carbons (Fsp3) is 0.368. The van der Waals surface area contributed by atoms with E-state index < -0.39 is 0 Å². The van der Waals surface area contributed by atoms with E-state index >= 15 is 0 Å². The maximum Gasteiger partial charge on any atom is 0.165 e. The molecule has 6 heteroatoms. The number of hydrogen-bond donors (Lipinski definition) is 2. The predicted molar refractivity (Wildman–Crippen MR) is 96.0 cm³/mol. The molecule has 3 atom stereocenters. The predicted octanol–water partition coefficient (Wildman–Crippen LogP) is 2.43. The molecule has 0 saturated carbocycles. The number of rotatable bonds is 2. The Bertz CT molecular complexity index is 917. The molecule has 2 radical (unpaired) electrons. The third-order valence-electron chi connectivity index (χ3n) is 5.51. The van der Waals surface area contributed by atoms with E-state index in [1.54, 1.807) is 23.0 Å². The normalized spacial score (nSPS) is 25.6. The Hall–Kier alpha value is -2.47. The van der Waals surface area contributed by atoms with Gasteiger partial charge < -0.3 is 11.1 Å². The minimum atomic E-state index is 0.457. The van der Waals surface area contributed by atoms with Crippen LogP contribution in [0.2, 0.25) is 0 Å². The van der Waals surface area contributed by atoms with Crippen LogP contribution in [0.4, 0.5) is 5.82 Å². The lowest BCUT2D eigenvalue weighted by atomic mass is 9.89. The molecular weight excluding hydrogens is 312 g/mol. The zero-order chi connectivity index (χ0) is 17.0. The average Bonchev–Trinajstić information content (AvgIpc) is 3.19. The first-order valence-corrected chi connectivity index (χ1v) is 8.79. The van der Waals surface area contributed by atoms with Gasteiger partial charge >= 0.3 is 0 Å². The first-order valence-electron chi connectivity index (χ1n) is 8.79. The van der Waals surface area contributed by atoms with Gasteiger partial charge in [-0.05, 0) is 31.7 Å². The van der Waals surface area contributed by atoms with Gasteiger partial charge in [0, 0.05) is 59.7 Å². The van der Waals surface area contributed by atoms with Crippen molar-refractivity contribution in [1.29, 1.82) is 0 Å². The molecule has 0 unspecified atom stereocenters. The summed E-state index contributed by atoms with van der Waals surface area (Å²) in [6.07, 6.45) is 8.35. The lowest BCUT2D eigenvalue weighted by Crippen LogP contribution is -2.37. The summed E-state index contributed by atoms with van der Waals surface area (Å²) < 4.78 is 1.70. The minimum Gasteiger partial charge on any atom is -0.384 e. The highest BCUT2D eigenvalue weighted by molar-refractivity contribution is 5.77. The quantitative estimate of drug-likeness (QED) is 0.753. The summed E-state index contributed by atoms with van der Waals surface area (Å²) in [7, 11) is 0. The lowest BCUT2D eigenvalue weighted by Gasteiger charge is -2.28. The molecule has 2 aliphatic rings. The number of nitrogen functional groups attached to an aromatic ring is 1. The van der Waals surface area contributed by atoms with Crippen LogP contribution in [-0.4, -0.2) is 31.7 Å². The number of piperidine rings is 1. The number of anilines is 1. The second kappa shape index (κ2) is 5.52. The van der Waals surface area contributed by atoms with Gasteiger partial charge in [0.05, 0.1) is 6.20 Å². The van der Waals surface area contributed by atoms with Gasteiger partial charge in [0.25, 0.3) is 0 Å². The van der Waals surface area contributed by atoms with E-state index in [4.69, 9.17) is 17.6 Å². The molecule has 126 valence electrons. The molecular formula is C19H20N6. The van der Waals surface area contributed by atoms with Gasteiger partial charge in [-0.1, -0.05) is 6.07 Å². The summed E-state index contributed by atoms with van der Waals surface area (Å²) in [5.41, 5.74) is 10.5. The Morgan fingerprint density at radius 1 is 1.16 bits per heavy atom. The third-order valence-corrected chi connectivity index (χ3v) is 5.51. The van der Waals surface area contributed by atoms with Crippen LogP contribution in [0.5, 0.6) is 0 Å². The molecule has 2 fully saturated rings. The standard InChI is InChI=1S/C19H20N6/c1-11-2-3-12(9-21-11)16-10-22-25-18(20)8-17(24-19(16)25)13-6-14-4-5-15(7-13)23-14/h1-3,8-10,13-15,23H,4-7,20H2/t13-,14+,15-. The molecule has 2 bridgehead atoms. The van der Waals surface area contributed by atoms with Crippen LogP contribution < -0.4 is 11.1 Å². The fourth-order valence-corrected chi connectivity index (χ4v) is 4.28. The Morgan fingerprint density at radius 3 is 2.68 bits per heavy atom. The molecule has 0 amide bonds. The van der Waals surface area contributed by atoms with Gasteiger partial charge in [-0.2, -0.15) is 9.61 Å². The summed E-state index contributed by atoms with van der Waals surface area (Å²) in [6, 6.07) is 6.95. The van der Waals surface area contributed by atoms with E-state index in [-0.39, 0.29) is 0 Å². The highest BCUT2D eigenvalue weighted by Gasteiger charge is 2.35. The van der Waals surface area contributed by atoms with Crippen LogP contribution in [0, 0.1) is 6.92 Å². The highest BCUT2D eigenvalue weighted by atomic mass is 15.3. The third kappa shape index (κ3) is 2.48. The summed E-state index contributed by atoms with van der Waals surface area (Å²) in [4.78, 5) is 9.13. The zero-order valence-corrected chi connectivity index (χ0v) is 13.9. The second-order valence-corrected chi connectivity index (χ2v) is 7.18. The van der Waals surface area contributed by atoms with Crippen LogP contribution in [0.1, 0.15) is 43.0 Å². The first kappa shape index (κ1) is 14.8. The van der Waals surface area contributed by atoms with Gasteiger partial charge in [0.2, 0.25) is 0 Å². The second-order valence-electron chi connectivity index (χ2n) is 7.18. The number of fused-ring (bicyclic) bond motifs is 3. The van der Waals surface area contributed by atoms with Crippen molar-refractivity contribution in [3.8, 4) is 11.1 Å². The minimum absolute atomic E-state index is 0.457. The van der Waals surface area contributed by atoms with Crippen molar-refractivity contribution < 1.29 is 0 Å². The van der Waals surface area contributed by atoms with Crippen molar-refractivity contribution in [2.24, 2.45) is 0 Å². The molecule has 5 rings (SSSR count). The average molecular weight is 332 g/mol. The van der Waals surface area contributed by atoms with Crippen LogP contribution in [0.3, 0.4) is 0 Å². The van der Waals surface area contributed by atoms with Crippen molar-refractivity contribution in [3.05, 3.63) is 48.9 Å². The summed E-state index contributed by atoms with van der Waals surface area (Å²) in [5, 5.41) is 8.09. The van der Waals surface area contributed by atoms with E-state index in [1.807, 2.05) is 12.1 Å². The molecule has 0 spiro atoms. The Balaban J connectivity index is 1.59. The van der Waals surface area contributed by atoms with Gasteiger partial charge in [-0.15, -0.1) is 0 Å². The number of nitrogens with one attached hydrogen (secondary N) is 1. The van der Waals surface area contributed by atoms with Crippen molar-refractivity contribution in [3.63, 3.8) is 0 Å². The smallest absolute Gasteiger partial charge is 0.165 e. The van der Waals surface area contributed by atoms with E-state index in [2.05, 4.69) is 15.4 Å². The molecule has 2 saturated heterocycles. The van der Waals surface area contributed by atoms with Crippen LogP contribution in [0.25, 0.3) is 16.8 Å². The summed E-state index contributed by atoms with van der Waals surface area (Å²) in [6.45, 7) is 5.70. The van der Waals surface area contributed by atoms with Gasteiger partial charge in [-0.3, -0.25) is 4.98 Å². The largest absolute Gasteiger partial charge is 0.384 e. The molecule has 3 aromatic heterocycles. The maximum absolute atomic E-state index is 6.27. The molecule has 3 aromatic rings. The monoisotopic (exact) mass is 332 g/mol. The SMILES string of the molecule is [CH]c1ccc(-c2cnn3c(N)cc([C@H]4C[C@H]5CC[C@@H](C4)N5)nc23)cn1. The first-order chi connectivity index (χ1) is 12.2. The molecule has 2 aliphatic heterocycles. The Kier molecular flexibility index (Phi) is 3.28. The number of nitrogens with two attached hydrogens (primary N) is 1. The van der Waals surface area contributed by atoms with E-state index in [0.29, 0.717) is 29.5 Å². The van der Waals surface area contributed by atoms with Crippen molar-refractivity contribution >= 4 is 11.5 Å². The summed E-state index contributed by atoms with van der Waals surface area (Å²) in [5.74, 6) is 1.08. The van der Waals surface area contributed by atoms with E-state index in [9.17, 15) is 0 Å². The molecule has 6 nitrogen and oxygen atoms in total. The number of aromatic nitrogens is 4. The van der Waals surface area contributed by atoms with E-state index in [1.165, 1.54) is 12.8 Å².